The third kappa shape index (κ3) is 4.17. The van der Waals surface area contributed by atoms with Crippen LogP contribution in [0.25, 0.3) is 0 Å². The first-order valence-corrected chi connectivity index (χ1v) is 19.3. The molecule has 9 rings (SSSR count). The number of esters is 2. The van der Waals surface area contributed by atoms with Crippen molar-refractivity contribution >= 4 is 11.9 Å². The smallest absolute Gasteiger partial charge is 0.303 e. The Balaban J connectivity index is 1.02. The second-order valence-corrected chi connectivity index (χ2v) is 19.5. The largest absolute Gasteiger partial charge is 0.462 e. The molecule has 280 valence electrons. The fraction of sp³-hybridized carbons (Fsp3) is 0.949. The third-order valence-electron chi connectivity index (χ3n) is 16.9. The van der Waals surface area contributed by atoms with E-state index >= 15 is 0 Å². The highest BCUT2D eigenvalue weighted by atomic mass is 16.8. The van der Waals surface area contributed by atoms with E-state index in [4.69, 9.17) is 33.2 Å². The summed E-state index contributed by atoms with van der Waals surface area (Å²) in [5.41, 5.74) is -0.640. The van der Waals surface area contributed by atoms with Gasteiger partial charge in [-0.25, -0.2) is 0 Å². The van der Waals surface area contributed by atoms with E-state index in [0.717, 1.165) is 51.4 Å². The van der Waals surface area contributed by atoms with Crippen LogP contribution in [0.1, 0.15) is 107 Å². The van der Waals surface area contributed by atoms with Gasteiger partial charge in [0, 0.05) is 25.7 Å². The molecule has 11 nitrogen and oxygen atoms in total. The SMILES string of the molecule is CC(=O)OC1C(OC2CCC34CC35CC(OC(C)=O)C3(C)C6C(C)CC7(OCC8(C)OC87)OC6CC3(C)C5CCC4C2(C)C)OCC(O)C1O. The predicted octanol–water partition coefficient (Wildman–Crippen LogP) is 4.28. The number of carbonyl (C=O) groups is 2. The second kappa shape index (κ2) is 10.4. The molecule has 4 saturated heterocycles. The summed E-state index contributed by atoms with van der Waals surface area (Å²) in [4.78, 5) is 24.9. The molecule has 5 aliphatic carbocycles. The van der Waals surface area contributed by atoms with Gasteiger partial charge >= 0.3 is 11.9 Å². The Morgan fingerprint density at radius 2 is 1.56 bits per heavy atom. The number of fused-ring (bicyclic) bond motifs is 6. The third-order valence-corrected chi connectivity index (χ3v) is 16.9. The summed E-state index contributed by atoms with van der Waals surface area (Å²) in [6.45, 7) is 17.4. The molecule has 0 aromatic rings. The zero-order valence-electron chi connectivity index (χ0n) is 31.1. The standard InChI is InChI=1S/C39H58O11/c1-19-13-39(32-35(7,50-32)18-45-39)49-23-14-34(6)25-10-9-24-33(4,5)26(48-31-30(47-21(3)41)29(43)22(42)16-44-31)11-12-37(24)17-38(25,37)15-27(46-20(2)40)36(34,8)28(19)23/h19,22-32,42-43H,9-18H2,1-8H3. The van der Waals surface area contributed by atoms with Gasteiger partial charge in [-0.05, 0) is 97.2 Å². The molecule has 50 heavy (non-hydrogen) atoms. The van der Waals surface area contributed by atoms with Crippen molar-refractivity contribution < 1.29 is 53.0 Å². The molecule has 0 bridgehead atoms. The van der Waals surface area contributed by atoms with Crippen molar-refractivity contribution in [1.29, 1.82) is 0 Å². The lowest BCUT2D eigenvalue weighted by atomic mass is 9.41. The van der Waals surface area contributed by atoms with Crippen molar-refractivity contribution in [2.45, 2.75) is 167 Å². The van der Waals surface area contributed by atoms with Gasteiger partial charge in [-0.1, -0.05) is 34.6 Å². The number of hydrogen-bond acceptors (Lipinski definition) is 11. The van der Waals surface area contributed by atoms with E-state index in [9.17, 15) is 19.8 Å². The summed E-state index contributed by atoms with van der Waals surface area (Å²) in [5.74, 6) is -0.0224. The minimum absolute atomic E-state index is 0.0102. The van der Waals surface area contributed by atoms with E-state index in [1.54, 1.807) is 6.92 Å². The van der Waals surface area contributed by atoms with Crippen LogP contribution in [0.2, 0.25) is 0 Å². The Labute approximate surface area is 295 Å². The second-order valence-electron chi connectivity index (χ2n) is 19.5. The van der Waals surface area contributed by atoms with Crippen LogP contribution in [0.15, 0.2) is 0 Å². The van der Waals surface area contributed by atoms with E-state index in [-0.39, 0.29) is 75.6 Å². The molecule has 3 spiro atoms. The van der Waals surface area contributed by atoms with E-state index in [1.165, 1.54) is 6.92 Å². The average Bonchev–Trinajstić information content (AvgIpc) is 3.85. The maximum Gasteiger partial charge on any atom is 0.303 e. The predicted molar refractivity (Wildman–Crippen MR) is 176 cm³/mol. The molecular formula is C39H58O11. The van der Waals surface area contributed by atoms with E-state index < -0.39 is 36.4 Å². The fourth-order valence-corrected chi connectivity index (χ4v) is 14.9. The van der Waals surface area contributed by atoms with Crippen LogP contribution >= 0.6 is 0 Å². The van der Waals surface area contributed by atoms with Crippen LogP contribution in [-0.2, 0) is 42.7 Å². The van der Waals surface area contributed by atoms with Crippen molar-refractivity contribution in [3.05, 3.63) is 0 Å². The van der Waals surface area contributed by atoms with Gasteiger partial charge < -0.3 is 43.4 Å². The van der Waals surface area contributed by atoms with Crippen molar-refractivity contribution in [3.8, 4) is 0 Å². The van der Waals surface area contributed by atoms with Gasteiger partial charge in [0.1, 0.15) is 30.0 Å². The van der Waals surface area contributed by atoms with Crippen molar-refractivity contribution in [2.24, 2.45) is 50.7 Å². The molecule has 18 atom stereocenters. The normalized spacial score (nSPS) is 59.6. The molecule has 4 aliphatic heterocycles. The van der Waals surface area contributed by atoms with Crippen LogP contribution in [0.3, 0.4) is 0 Å². The van der Waals surface area contributed by atoms with Gasteiger partial charge in [-0.2, -0.15) is 0 Å². The Morgan fingerprint density at radius 1 is 0.840 bits per heavy atom. The monoisotopic (exact) mass is 702 g/mol. The Kier molecular flexibility index (Phi) is 7.19. The minimum atomic E-state index is -1.29. The first-order chi connectivity index (χ1) is 23.4. The van der Waals surface area contributed by atoms with Gasteiger partial charge in [-0.3, -0.25) is 9.59 Å². The molecule has 0 aromatic carbocycles. The van der Waals surface area contributed by atoms with E-state index in [1.807, 2.05) is 0 Å². The molecule has 11 heteroatoms. The summed E-state index contributed by atoms with van der Waals surface area (Å²) in [6.07, 6.45) is 2.81. The summed E-state index contributed by atoms with van der Waals surface area (Å²) >= 11 is 0. The van der Waals surface area contributed by atoms with Gasteiger partial charge in [0.25, 0.3) is 0 Å². The Morgan fingerprint density at radius 3 is 2.22 bits per heavy atom. The van der Waals surface area contributed by atoms with Crippen LogP contribution < -0.4 is 0 Å². The van der Waals surface area contributed by atoms with Crippen molar-refractivity contribution in [3.63, 3.8) is 0 Å². The number of hydrogen-bond donors (Lipinski definition) is 2. The summed E-state index contributed by atoms with van der Waals surface area (Å²) in [6, 6.07) is 0. The molecular weight excluding hydrogens is 644 g/mol. The molecule has 18 unspecified atom stereocenters. The van der Waals surface area contributed by atoms with E-state index in [2.05, 4.69) is 41.5 Å². The average molecular weight is 703 g/mol. The first-order valence-electron chi connectivity index (χ1n) is 19.3. The topological polar surface area (TPSA) is 143 Å². The lowest BCUT2D eigenvalue weighted by Gasteiger charge is -2.65. The maximum atomic E-state index is 12.9. The van der Waals surface area contributed by atoms with Gasteiger partial charge in [0.2, 0.25) is 0 Å². The summed E-state index contributed by atoms with van der Waals surface area (Å²) in [7, 11) is 0. The lowest BCUT2D eigenvalue weighted by molar-refractivity contribution is -0.309. The molecule has 9 fully saturated rings. The van der Waals surface area contributed by atoms with Crippen LogP contribution in [0.4, 0.5) is 0 Å². The van der Waals surface area contributed by atoms with Crippen molar-refractivity contribution in [2.75, 3.05) is 13.2 Å². The molecule has 5 saturated carbocycles. The zero-order valence-corrected chi connectivity index (χ0v) is 31.1. The summed E-state index contributed by atoms with van der Waals surface area (Å²) < 4.78 is 44.2. The van der Waals surface area contributed by atoms with Gasteiger partial charge in [0.05, 0.1) is 25.4 Å². The van der Waals surface area contributed by atoms with Crippen LogP contribution in [-0.4, -0.2) is 95.8 Å². The van der Waals surface area contributed by atoms with Gasteiger partial charge in [0.15, 0.2) is 18.2 Å². The Hall–Kier alpha value is -1.34. The lowest BCUT2D eigenvalue weighted by Crippen LogP contribution is -2.64. The highest BCUT2D eigenvalue weighted by Gasteiger charge is 2.86. The number of carbonyl (C=O) groups excluding carboxylic acids is 2. The maximum absolute atomic E-state index is 12.9. The number of aliphatic hydroxyl groups is 2. The molecule has 4 heterocycles. The molecule has 0 aromatic heterocycles. The highest BCUT2D eigenvalue weighted by molar-refractivity contribution is 5.66. The molecule has 2 N–H and O–H groups in total. The number of rotatable bonds is 4. The molecule has 0 radical (unpaired) electrons. The minimum Gasteiger partial charge on any atom is -0.462 e. The zero-order chi connectivity index (χ0) is 35.6. The molecule has 9 aliphatic rings. The summed E-state index contributed by atoms with van der Waals surface area (Å²) in [5, 5.41) is 21.0. The molecule has 0 amide bonds. The number of epoxide rings is 1. The van der Waals surface area contributed by atoms with E-state index in [0.29, 0.717) is 24.4 Å². The quantitative estimate of drug-likeness (QED) is 0.246. The number of aliphatic hydroxyl groups excluding tert-OH is 2. The van der Waals surface area contributed by atoms with Gasteiger partial charge in [-0.15, -0.1) is 0 Å². The Bertz CT molecular complexity index is 1470. The highest BCUT2D eigenvalue weighted by Crippen LogP contribution is 2.89. The van der Waals surface area contributed by atoms with Crippen LogP contribution in [0.5, 0.6) is 0 Å². The van der Waals surface area contributed by atoms with Crippen molar-refractivity contribution in [1.82, 2.24) is 0 Å². The number of ether oxygens (including phenoxy) is 7. The first kappa shape index (κ1) is 34.4. The van der Waals surface area contributed by atoms with Crippen LogP contribution in [0, 0.1) is 50.7 Å². The fourth-order valence-electron chi connectivity index (χ4n) is 14.9.